The van der Waals surface area contributed by atoms with Crippen LogP contribution in [0.4, 0.5) is 10.6 Å². The van der Waals surface area contributed by atoms with E-state index in [1.807, 2.05) is 32.9 Å². The van der Waals surface area contributed by atoms with Crippen LogP contribution in [-0.2, 0) is 4.74 Å². The zero-order valence-electron chi connectivity index (χ0n) is 12.4. The minimum Gasteiger partial charge on any atom is -0.444 e. The molecule has 0 aliphatic carbocycles. The van der Waals surface area contributed by atoms with E-state index in [1.165, 1.54) is 0 Å². The first kappa shape index (κ1) is 14.6. The van der Waals surface area contributed by atoms with Crippen molar-refractivity contribution >= 4 is 11.9 Å². The summed E-state index contributed by atoms with van der Waals surface area (Å²) >= 11 is 0. The molecule has 0 radical (unpaired) electrons. The molecule has 1 aliphatic rings. The molecule has 1 aliphatic heterocycles. The molecule has 0 saturated carbocycles. The topological polar surface area (TPSA) is 68.5 Å². The van der Waals surface area contributed by atoms with Crippen LogP contribution >= 0.6 is 0 Å². The molecule has 0 bridgehead atoms. The third kappa shape index (κ3) is 3.40. The van der Waals surface area contributed by atoms with E-state index in [0.29, 0.717) is 12.4 Å². The van der Waals surface area contributed by atoms with Gasteiger partial charge < -0.3 is 15.4 Å². The molecule has 1 aromatic rings. The first-order chi connectivity index (χ1) is 9.38. The molecule has 2 rings (SSSR count). The van der Waals surface area contributed by atoms with Crippen LogP contribution in [0.3, 0.4) is 0 Å². The summed E-state index contributed by atoms with van der Waals surface area (Å²) < 4.78 is 5.49. The quantitative estimate of drug-likeness (QED) is 0.856. The van der Waals surface area contributed by atoms with E-state index in [-0.39, 0.29) is 12.1 Å². The third-order valence-corrected chi connectivity index (χ3v) is 3.36. The summed E-state index contributed by atoms with van der Waals surface area (Å²) in [5.41, 5.74) is 6.38. The van der Waals surface area contributed by atoms with Crippen molar-refractivity contribution in [2.75, 3.05) is 12.3 Å². The van der Waals surface area contributed by atoms with Gasteiger partial charge in [0.1, 0.15) is 11.4 Å². The Bertz CT molecular complexity index is 482. The van der Waals surface area contributed by atoms with Gasteiger partial charge in [0.25, 0.3) is 0 Å². The van der Waals surface area contributed by atoms with Gasteiger partial charge in [-0.25, -0.2) is 9.78 Å². The van der Waals surface area contributed by atoms with Gasteiger partial charge in [0.15, 0.2) is 0 Å². The third-order valence-electron chi connectivity index (χ3n) is 3.36. The maximum atomic E-state index is 12.4. The van der Waals surface area contributed by atoms with Crippen molar-refractivity contribution in [3.05, 3.63) is 23.9 Å². The fourth-order valence-corrected chi connectivity index (χ4v) is 2.51. The van der Waals surface area contributed by atoms with Crippen LogP contribution in [0.1, 0.15) is 51.6 Å². The summed E-state index contributed by atoms with van der Waals surface area (Å²) in [6, 6.07) is 3.76. The van der Waals surface area contributed by atoms with E-state index >= 15 is 0 Å². The first-order valence-electron chi connectivity index (χ1n) is 7.08. The van der Waals surface area contributed by atoms with Crippen LogP contribution in [0.15, 0.2) is 18.3 Å². The average Bonchev–Trinajstić information content (AvgIpc) is 2.37. The number of carbonyl (C=O) groups is 1. The van der Waals surface area contributed by atoms with Gasteiger partial charge in [-0.05, 0) is 46.1 Å². The number of nitrogens with zero attached hydrogens (tertiary/aromatic N) is 2. The molecule has 5 nitrogen and oxygen atoms in total. The summed E-state index contributed by atoms with van der Waals surface area (Å²) in [5, 5.41) is 0. The number of ether oxygens (including phenoxy) is 1. The van der Waals surface area contributed by atoms with E-state index in [2.05, 4.69) is 4.98 Å². The highest BCUT2D eigenvalue weighted by molar-refractivity contribution is 5.69. The van der Waals surface area contributed by atoms with Crippen molar-refractivity contribution in [2.45, 2.75) is 51.7 Å². The zero-order chi connectivity index (χ0) is 14.8. The number of likely N-dealkylation sites (tertiary alicyclic amines) is 1. The molecule has 5 heteroatoms. The lowest BCUT2D eigenvalue weighted by atomic mass is 9.96. The van der Waals surface area contributed by atoms with Crippen LogP contribution in [0.5, 0.6) is 0 Å². The number of aromatic nitrogens is 1. The standard InChI is InChI=1S/C15H23N3O2/c1-15(2,3)20-14(19)18-10-5-4-8-12(18)11-7-6-9-17-13(11)16/h6-7,9,12H,4-5,8,10H2,1-3H3,(H2,16,17)/t12-/m1/s1. The second-order valence-corrected chi connectivity index (χ2v) is 6.16. The maximum absolute atomic E-state index is 12.4. The molecule has 2 N–H and O–H groups in total. The second-order valence-electron chi connectivity index (χ2n) is 6.16. The van der Waals surface area contributed by atoms with E-state index in [4.69, 9.17) is 10.5 Å². The number of nitrogen functional groups attached to an aromatic ring is 1. The Morgan fingerprint density at radius 1 is 1.45 bits per heavy atom. The highest BCUT2D eigenvalue weighted by Crippen LogP contribution is 2.34. The largest absolute Gasteiger partial charge is 0.444 e. The van der Waals surface area contributed by atoms with Crippen molar-refractivity contribution < 1.29 is 9.53 Å². The number of nitrogens with two attached hydrogens (primary N) is 1. The van der Waals surface area contributed by atoms with Gasteiger partial charge in [0.2, 0.25) is 0 Å². The van der Waals surface area contributed by atoms with Gasteiger partial charge in [-0.1, -0.05) is 6.07 Å². The predicted molar refractivity (Wildman–Crippen MR) is 78.2 cm³/mol. The van der Waals surface area contributed by atoms with Crippen molar-refractivity contribution in [3.8, 4) is 0 Å². The molecule has 0 spiro atoms. The Morgan fingerprint density at radius 3 is 2.85 bits per heavy atom. The molecule has 1 atom stereocenters. The number of carbonyl (C=O) groups excluding carboxylic acids is 1. The fourth-order valence-electron chi connectivity index (χ4n) is 2.51. The summed E-state index contributed by atoms with van der Waals surface area (Å²) in [4.78, 5) is 18.3. The zero-order valence-corrected chi connectivity index (χ0v) is 12.4. The van der Waals surface area contributed by atoms with Crippen LogP contribution in [0.2, 0.25) is 0 Å². The van der Waals surface area contributed by atoms with Gasteiger partial charge in [0, 0.05) is 18.3 Å². The Morgan fingerprint density at radius 2 is 2.20 bits per heavy atom. The lowest BCUT2D eigenvalue weighted by Gasteiger charge is -2.37. The van der Waals surface area contributed by atoms with Crippen molar-refractivity contribution in [2.24, 2.45) is 0 Å². The van der Waals surface area contributed by atoms with Crippen LogP contribution in [0, 0.1) is 0 Å². The molecule has 1 amide bonds. The second kappa shape index (κ2) is 5.69. The highest BCUT2D eigenvalue weighted by Gasteiger charge is 2.32. The minimum absolute atomic E-state index is 0.0349. The minimum atomic E-state index is -0.487. The molecule has 110 valence electrons. The Hall–Kier alpha value is -1.78. The van der Waals surface area contributed by atoms with Gasteiger partial charge in [0.05, 0.1) is 6.04 Å². The van der Waals surface area contributed by atoms with E-state index in [9.17, 15) is 4.79 Å². The maximum Gasteiger partial charge on any atom is 0.410 e. The van der Waals surface area contributed by atoms with Crippen molar-refractivity contribution in [1.29, 1.82) is 0 Å². The first-order valence-corrected chi connectivity index (χ1v) is 7.08. The highest BCUT2D eigenvalue weighted by atomic mass is 16.6. The van der Waals surface area contributed by atoms with Crippen LogP contribution in [0.25, 0.3) is 0 Å². The Kier molecular flexibility index (Phi) is 4.16. The lowest BCUT2D eigenvalue weighted by molar-refractivity contribution is 0.00958. The molecular formula is C15H23N3O2. The molecule has 0 unspecified atom stereocenters. The molecule has 20 heavy (non-hydrogen) atoms. The number of pyridine rings is 1. The van der Waals surface area contributed by atoms with Crippen LogP contribution < -0.4 is 5.73 Å². The summed E-state index contributed by atoms with van der Waals surface area (Å²) in [6.07, 6.45) is 4.37. The van der Waals surface area contributed by atoms with E-state index < -0.39 is 5.60 Å². The summed E-state index contributed by atoms with van der Waals surface area (Å²) in [6.45, 7) is 6.33. The molecule has 0 aromatic carbocycles. The predicted octanol–water partition coefficient (Wildman–Crippen LogP) is 3.13. The average molecular weight is 277 g/mol. The number of amides is 1. The van der Waals surface area contributed by atoms with Gasteiger partial charge in [-0.15, -0.1) is 0 Å². The number of hydrogen-bond donors (Lipinski definition) is 1. The molecule has 1 aromatic heterocycles. The summed E-state index contributed by atoms with van der Waals surface area (Å²) in [5.74, 6) is 0.493. The fraction of sp³-hybridized carbons (Fsp3) is 0.600. The van der Waals surface area contributed by atoms with Gasteiger partial charge >= 0.3 is 6.09 Å². The number of hydrogen-bond acceptors (Lipinski definition) is 4. The SMILES string of the molecule is CC(C)(C)OC(=O)N1CCCC[C@@H]1c1cccnc1N. The number of rotatable bonds is 1. The monoisotopic (exact) mass is 277 g/mol. The van der Waals surface area contributed by atoms with Crippen molar-refractivity contribution in [3.63, 3.8) is 0 Å². The van der Waals surface area contributed by atoms with Gasteiger partial charge in [-0.2, -0.15) is 0 Å². The Labute approximate surface area is 120 Å². The van der Waals surface area contributed by atoms with E-state index in [1.54, 1.807) is 11.1 Å². The van der Waals surface area contributed by atoms with Crippen LogP contribution in [-0.4, -0.2) is 28.1 Å². The Balaban J connectivity index is 2.22. The molecule has 2 heterocycles. The number of anilines is 1. The normalized spacial score (nSPS) is 19.8. The number of piperidine rings is 1. The smallest absolute Gasteiger partial charge is 0.410 e. The molecule has 1 saturated heterocycles. The summed E-state index contributed by atoms with van der Waals surface area (Å²) in [7, 11) is 0. The van der Waals surface area contributed by atoms with Crippen molar-refractivity contribution in [1.82, 2.24) is 9.88 Å². The lowest BCUT2D eigenvalue weighted by Crippen LogP contribution is -2.42. The van der Waals surface area contributed by atoms with E-state index in [0.717, 1.165) is 24.8 Å². The molecular weight excluding hydrogens is 254 g/mol. The van der Waals surface area contributed by atoms with Gasteiger partial charge in [-0.3, -0.25) is 0 Å². The molecule has 1 fully saturated rings.